The smallest absolute Gasteiger partial charge is 0.238 e. The number of nitrogens with one attached hydrogen (secondary N) is 1. The van der Waals surface area contributed by atoms with Crippen molar-refractivity contribution < 1.29 is 14.3 Å². The Bertz CT molecular complexity index is 827. The highest BCUT2D eigenvalue weighted by molar-refractivity contribution is 9.10. The van der Waals surface area contributed by atoms with Crippen molar-refractivity contribution in [2.45, 2.75) is 0 Å². The van der Waals surface area contributed by atoms with Gasteiger partial charge in [-0.3, -0.25) is 9.69 Å². The topological polar surface area (TPSA) is 66.9 Å². The lowest BCUT2D eigenvalue weighted by molar-refractivity contribution is -0.117. The van der Waals surface area contributed by atoms with Gasteiger partial charge in [-0.2, -0.15) is 0 Å². The van der Waals surface area contributed by atoms with Crippen LogP contribution in [0.25, 0.3) is 0 Å². The second kappa shape index (κ2) is 9.45. The molecule has 1 aromatic heterocycles. The van der Waals surface area contributed by atoms with Crippen molar-refractivity contribution >= 4 is 44.9 Å². The van der Waals surface area contributed by atoms with Crippen LogP contribution in [0.4, 0.5) is 11.5 Å². The van der Waals surface area contributed by atoms with Crippen LogP contribution in [-0.4, -0.2) is 62.7 Å². The summed E-state index contributed by atoms with van der Waals surface area (Å²) in [6, 6.07) is 7.26. The average Bonchev–Trinajstić information content (AvgIpc) is 2.69. The first-order valence-electron chi connectivity index (χ1n) is 8.80. The SMILES string of the molecule is COc1cc(OC)c(NC(=O)CN2CCN(c3ccc(Br)cn3)CC2)cc1Cl. The molecule has 1 N–H and O–H groups in total. The van der Waals surface area contributed by atoms with E-state index in [1.54, 1.807) is 18.3 Å². The highest BCUT2D eigenvalue weighted by atomic mass is 79.9. The van der Waals surface area contributed by atoms with Crippen LogP contribution in [0.2, 0.25) is 5.02 Å². The van der Waals surface area contributed by atoms with E-state index in [0.717, 1.165) is 36.5 Å². The Hall–Kier alpha value is -2.03. The number of aromatic nitrogens is 1. The number of halogens is 2. The van der Waals surface area contributed by atoms with E-state index in [1.807, 2.05) is 12.1 Å². The lowest BCUT2D eigenvalue weighted by Gasteiger charge is -2.35. The van der Waals surface area contributed by atoms with E-state index < -0.39 is 0 Å². The number of benzene rings is 1. The lowest BCUT2D eigenvalue weighted by Crippen LogP contribution is -2.48. The molecular weight excluding hydrogens is 448 g/mol. The quantitative estimate of drug-likeness (QED) is 0.700. The first-order chi connectivity index (χ1) is 13.5. The van der Waals surface area contributed by atoms with Crippen molar-refractivity contribution in [3.05, 3.63) is 40.0 Å². The summed E-state index contributed by atoms with van der Waals surface area (Å²) < 4.78 is 11.5. The van der Waals surface area contributed by atoms with Gasteiger partial charge in [0.1, 0.15) is 17.3 Å². The summed E-state index contributed by atoms with van der Waals surface area (Å²) in [5, 5.41) is 3.28. The predicted molar refractivity (Wildman–Crippen MR) is 114 cm³/mol. The summed E-state index contributed by atoms with van der Waals surface area (Å²) in [7, 11) is 3.07. The van der Waals surface area contributed by atoms with Gasteiger partial charge in [-0.05, 0) is 34.1 Å². The van der Waals surface area contributed by atoms with Crippen molar-refractivity contribution in [2.24, 2.45) is 0 Å². The van der Waals surface area contributed by atoms with E-state index >= 15 is 0 Å². The number of ether oxygens (including phenoxy) is 2. The molecule has 1 aliphatic rings. The zero-order chi connectivity index (χ0) is 20.1. The standard InChI is InChI=1S/C19H22BrClN4O3/c1-27-16-10-17(28-2)15(9-14(16)21)23-19(26)12-24-5-7-25(8-6-24)18-4-3-13(20)11-22-18/h3-4,9-11H,5-8,12H2,1-2H3,(H,23,26). The molecule has 7 nitrogen and oxygen atoms in total. The normalized spacial score (nSPS) is 14.6. The first kappa shape index (κ1) is 20.7. The number of amides is 1. The molecule has 1 aliphatic heterocycles. The number of hydrogen-bond acceptors (Lipinski definition) is 6. The van der Waals surface area contributed by atoms with Gasteiger partial charge in [-0.15, -0.1) is 0 Å². The summed E-state index contributed by atoms with van der Waals surface area (Å²) in [5.74, 6) is 1.83. The molecule has 150 valence electrons. The maximum atomic E-state index is 12.5. The highest BCUT2D eigenvalue weighted by Gasteiger charge is 2.21. The van der Waals surface area contributed by atoms with Crippen molar-refractivity contribution in [1.29, 1.82) is 0 Å². The largest absolute Gasteiger partial charge is 0.495 e. The number of anilines is 2. The van der Waals surface area contributed by atoms with Crippen LogP contribution in [0.5, 0.6) is 11.5 Å². The molecule has 0 aliphatic carbocycles. The predicted octanol–water partition coefficient (Wildman–Crippen LogP) is 3.28. The molecule has 9 heteroatoms. The summed E-state index contributed by atoms with van der Waals surface area (Å²) in [6.07, 6.45) is 1.79. The Morgan fingerprint density at radius 3 is 2.50 bits per heavy atom. The monoisotopic (exact) mass is 468 g/mol. The van der Waals surface area contributed by atoms with Crippen molar-refractivity contribution in [3.63, 3.8) is 0 Å². The minimum atomic E-state index is -0.116. The van der Waals surface area contributed by atoms with E-state index in [2.05, 4.69) is 36.0 Å². The molecule has 2 heterocycles. The van der Waals surface area contributed by atoms with Crippen LogP contribution in [-0.2, 0) is 4.79 Å². The van der Waals surface area contributed by atoms with Gasteiger partial charge < -0.3 is 19.7 Å². The van der Waals surface area contributed by atoms with Crippen LogP contribution in [0.1, 0.15) is 0 Å². The Labute approximate surface area is 177 Å². The van der Waals surface area contributed by atoms with Crippen LogP contribution in [0.15, 0.2) is 34.9 Å². The number of methoxy groups -OCH3 is 2. The number of hydrogen-bond donors (Lipinski definition) is 1. The van der Waals surface area contributed by atoms with E-state index in [9.17, 15) is 4.79 Å². The fourth-order valence-corrected chi connectivity index (χ4v) is 3.52. The molecule has 1 saturated heterocycles. The molecule has 28 heavy (non-hydrogen) atoms. The lowest BCUT2D eigenvalue weighted by atomic mass is 10.2. The molecule has 1 aromatic carbocycles. The van der Waals surface area contributed by atoms with Crippen molar-refractivity contribution in [1.82, 2.24) is 9.88 Å². The van der Waals surface area contributed by atoms with Crippen molar-refractivity contribution in [3.8, 4) is 11.5 Å². The maximum absolute atomic E-state index is 12.5. The third-order valence-corrected chi connectivity index (χ3v) is 5.29. The Kier molecular flexibility index (Phi) is 6.98. The number of pyridine rings is 1. The summed E-state index contributed by atoms with van der Waals surface area (Å²) in [4.78, 5) is 21.2. The van der Waals surface area contributed by atoms with Gasteiger partial charge in [-0.1, -0.05) is 11.6 Å². The van der Waals surface area contributed by atoms with E-state index in [1.165, 1.54) is 14.2 Å². The second-order valence-electron chi connectivity index (χ2n) is 6.33. The number of carbonyl (C=O) groups excluding carboxylic acids is 1. The fourth-order valence-electron chi connectivity index (χ4n) is 3.04. The highest BCUT2D eigenvalue weighted by Crippen LogP contribution is 2.35. The molecule has 0 radical (unpaired) electrons. The van der Waals surface area contributed by atoms with E-state index in [-0.39, 0.29) is 5.91 Å². The Morgan fingerprint density at radius 2 is 1.89 bits per heavy atom. The minimum absolute atomic E-state index is 0.116. The van der Waals surface area contributed by atoms with Crippen LogP contribution < -0.4 is 19.7 Å². The summed E-state index contributed by atoms with van der Waals surface area (Å²) >= 11 is 9.56. The van der Waals surface area contributed by atoms with Gasteiger partial charge in [0.05, 0.1) is 31.5 Å². The van der Waals surface area contributed by atoms with E-state index in [4.69, 9.17) is 21.1 Å². The molecule has 0 bridgehead atoms. The molecule has 1 fully saturated rings. The van der Waals surface area contributed by atoms with Crippen LogP contribution in [0.3, 0.4) is 0 Å². The number of nitrogens with zero attached hydrogens (tertiary/aromatic N) is 3. The fraction of sp³-hybridized carbons (Fsp3) is 0.368. The van der Waals surface area contributed by atoms with Crippen LogP contribution >= 0.6 is 27.5 Å². The van der Waals surface area contributed by atoms with Gasteiger partial charge in [0.25, 0.3) is 0 Å². The summed E-state index contributed by atoms with van der Waals surface area (Å²) in [6.45, 7) is 3.50. The van der Waals surface area contributed by atoms with E-state index in [0.29, 0.717) is 28.8 Å². The molecule has 0 unspecified atom stereocenters. The minimum Gasteiger partial charge on any atom is -0.495 e. The number of carbonyl (C=O) groups is 1. The third kappa shape index (κ3) is 5.06. The maximum Gasteiger partial charge on any atom is 0.238 e. The zero-order valence-electron chi connectivity index (χ0n) is 15.7. The second-order valence-corrected chi connectivity index (χ2v) is 7.66. The van der Waals surface area contributed by atoms with Gasteiger partial charge in [0.15, 0.2) is 0 Å². The van der Waals surface area contributed by atoms with Gasteiger partial charge in [0.2, 0.25) is 5.91 Å². The van der Waals surface area contributed by atoms with Crippen LogP contribution in [0, 0.1) is 0 Å². The molecule has 2 aromatic rings. The van der Waals surface area contributed by atoms with Crippen molar-refractivity contribution in [2.75, 3.05) is 57.2 Å². The molecule has 1 amide bonds. The first-order valence-corrected chi connectivity index (χ1v) is 9.97. The number of piperazine rings is 1. The van der Waals surface area contributed by atoms with Gasteiger partial charge in [0, 0.05) is 42.9 Å². The molecule has 3 rings (SSSR count). The summed E-state index contributed by atoms with van der Waals surface area (Å²) in [5.41, 5.74) is 0.524. The molecular formula is C19H22BrClN4O3. The molecule has 0 spiro atoms. The Balaban J connectivity index is 1.55. The average molecular weight is 470 g/mol. The van der Waals surface area contributed by atoms with Gasteiger partial charge in [-0.25, -0.2) is 4.98 Å². The Morgan fingerprint density at radius 1 is 1.18 bits per heavy atom. The third-order valence-electron chi connectivity index (χ3n) is 4.52. The zero-order valence-corrected chi connectivity index (χ0v) is 18.1. The number of rotatable bonds is 6. The van der Waals surface area contributed by atoms with Gasteiger partial charge >= 0.3 is 0 Å². The molecule has 0 atom stereocenters. The molecule has 0 saturated carbocycles.